The number of aromatic nitrogens is 1. The lowest BCUT2D eigenvalue weighted by Crippen LogP contribution is -2.13. The summed E-state index contributed by atoms with van der Waals surface area (Å²) in [7, 11) is 0. The first-order chi connectivity index (χ1) is 8.69. The number of nitrogens with zero attached hydrogens (tertiary/aromatic N) is 1. The molecule has 18 heavy (non-hydrogen) atoms. The summed E-state index contributed by atoms with van der Waals surface area (Å²) >= 11 is 0. The second kappa shape index (κ2) is 5.42. The Bertz CT molecular complexity index is 550. The molecule has 0 aliphatic heterocycles. The van der Waals surface area contributed by atoms with Gasteiger partial charge in [-0.15, -0.1) is 0 Å². The number of aliphatic hydroxyl groups is 1. The predicted octanol–water partition coefficient (Wildman–Crippen LogP) is 2.13. The standard InChI is InChI=1S/C14H14N2O2/c1-10-3-2-4-12(7-10)14(18)16-13-6-5-11(9-17)8-15-13/h2-8,17H,9H2,1H3,(H,15,16,18). The first-order valence-electron chi connectivity index (χ1n) is 5.63. The van der Waals surface area contributed by atoms with Crippen LogP contribution in [0.25, 0.3) is 0 Å². The van der Waals surface area contributed by atoms with Crippen LogP contribution >= 0.6 is 0 Å². The molecule has 0 unspecified atom stereocenters. The number of aliphatic hydroxyl groups excluding tert-OH is 1. The number of rotatable bonds is 3. The zero-order chi connectivity index (χ0) is 13.0. The lowest BCUT2D eigenvalue weighted by atomic mass is 10.1. The van der Waals surface area contributed by atoms with Crippen molar-refractivity contribution in [3.63, 3.8) is 0 Å². The van der Waals surface area contributed by atoms with Crippen LogP contribution in [0.2, 0.25) is 0 Å². The van der Waals surface area contributed by atoms with Crippen molar-refractivity contribution in [2.75, 3.05) is 5.32 Å². The number of carbonyl (C=O) groups excluding carboxylic acids is 1. The number of nitrogens with one attached hydrogen (secondary N) is 1. The SMILES string of the molecule is Cc1cccc(C(=O)Nc2ccc(CO)cn2)c1. The maximum Gasteiger partial charge on any atom is 0.256 e. The van der Waals surface area contributed by atoms with Crippen molar-refractivity contribution < 1.29 is 9.90 Å². The molecular weight excluding hydrogens is 228 g/mol. The lowest BCUT2D eigenvalue weighted by Gasteiger charge is -2.05. The molecule has 2 N–H and O–H groups in total. The summed E-state index contributed by atoms with van der Waals surface area (Å²) in [4.78, 5) is 16.0. The fourth-order valence-electron chi connectivity index (χ4n) is 1.57. The van der Waals surface area contributed by atoms with E-state index >= 15 is 0 Å². The molecular formula is C14H14N2O2. The molecule has 4 heteroatoms. The van der Waals surface area contributed by atoms with Crippen LogP contribution in [0.1, 0.15) is 21.5 Å². The van der Waals surface area contributed by atoms with E-state index in [1.165, 1.54) is 6.20 Å². The Hall–Kier alpha value is -2.20. The van der Waals surface area contributed by atoms with Gasteiger partial charge in [-0.2, -0.15) is 0 Å². The number of amides is 1. The Morgan fingerprint density at radius 2 is 2.17 bits per heavy atom. The van der Waals surface area contributed by atoms with E-state index in [1.807, 2.05) is 25.1 Å². The van der Waals surface area contributed by atoms with Gasteiger partial charge in [0.05, 0.1) is 6.61 Å². The van der Waals surface area contributed by atoms with Crippen molar-refractivity contribution in [2.45, 2.75) is 13.5 Å². The van der Waals surface area contributed by atoms with Crippen LogP contribution in [-0.2, 0) is 6.61 Å². The number of benzene rings is 1. The topological polar surface area (TPSA) is 62.2 Å². The van der Waals surface area contributed by atoms with Crippen LogP contribution in [0.5, 0.6) is 0 Å². The van der Waals surface area contributed by atoms with Gasteiger partial charge in [-0.05, 0) is 30.7 Å². The van der Waals surface area contributed by atoms with E-state index in [-0.39, 0.29) is 12.5 Å². The Kier molecular flexibility index (Phi) is 3.69. The van der Waals surface area contributed by atoms with Gasteiger partial charge in [-0.1, -0.05) is 23.8 Å². The minimum Gasteiger partial charge on any atom is -0.392 e. The molecule has 1 aromatic carbocycles. The van der Waals surface area contributed by atoms with Crippen molar-refractivity contribution in [3.05, 3.63) is 59.3 Å². The van der Waals surface area contributed by atoms with Crippen molar-refractivity contribution in [2.24, 2.45) is 0 Å². The molecule has 2 rings (SSSR count). The molecule has 0 atom stereocenters. The summed E-state index contributed by atoms with van der Waals surface area (Å²) in [6.45, 7) is 1.88. The Morgan fingerprint density at radius 3 is 2.78 bits per heavy atom. The van der Waals surface area contributed by atoms with Gasteiger partial charge in [-0.25, -0.2) is 4.98 Å². The van der Waals surface area contributed by atoms with Crippen LogP contribution in [0.15, 0.2) is 42.6 Å². The van der Waals surface area contributed by atoms with Crippen molar-refractivity contribution in [1.82, 2.24) is 4.98 Å². The van der Waals surface area contributed by atoms with Gasteiger partial charge in [0.25, 0.3) is 5.91 Å². The maximum absolute atomic E-state index is 11.9. The van der Waals surface area contributed by atoms with Crippen molar-refractivity contribution >= 4 is 11.7 Å². The van der Waals surface area contributed by atoms with Gasteiger partial charge in [0.1, 0.15) is 5.82 Å². The van der Waals surface area contributed by atoms with E-state index in [9.17, 15) is 4.79 Å². The van der Waals surface area contributed by atoms with E-state index in [4.69, 9.17) is 5.11 Å². The highest BCUT2D eigenvalue weighted by Gasteiger charge is 2.06. The van der Waals surface area contributed by atoms with Crippen LogP contribution in [0.4, 0.5) is 5.82 Å². The summed E-state index contributed by atoms with van der Waals surface area (Å²) in [5.74, 6) is 0.279. The molecule has 0 aliphatic rings. The largest absolute Gasteiger partial charge is 0.392 e. The smallest absolute Gasteiger partial charge is 0.256 e. The van der Waals surface area contributed by atoms with Crippen LogP contribution < -0.4 is 5.32 Å². The zero-order valence-corrected chi connectivity index (χ0v) is 10.1. The van der Waals surface area contributed by atoms with Gasteiger partial charge in [0.15, 0.2) is 0 Å². The molecule has 0 fully saturated rings. The average Bonchev–Trinajstić information content (AvgIpc) is 2.39. The maximum atomic E-state index is 11.9. The van der Waals surface area contributed by atoms with Gasteiger partial charge < -0.3 is 10.4 Å². The minimum absolute atomic E-state index is 0.0564. The quantitative estimate of drug-likeness (QED) is 0.866. The average molecular weight is 242 g/mol. The molecule has 0 bridgehead atoms. The third-order valence-electron chi connectivity index (χ3n) is 2.53. The van der Waals surface area contributed by atoms with E-state index in [0.29, 0.717) is 16.9 Å². The summed E-state index contributed by atoms with van der Waals surface area (Å²) in [6.07, 6.45) is 1.53. The lowest BCUT2D eigenvalue weighted by molar-refractivity contribution is 0.102. The molecule has 0 radical (unpaired) electrons. The summed E-state index contributed by atoms with van der Waals surface area (Å²) in [5.41, 5.74) is 2.35. The van der Waals surface area contributed by atoms with Crippen molar-refractivity contribution in [3.8, 4) is 0 Å². The highest BCUT2D eigenvalue weighted by atomic mass is 16.3. The highest BCUT2D eigenvalue weighted by molar-refractivity contribution is 6.03. The Morgan fingerprint density at radius 1 is 1.33 bits per heavy atom. The normalized spacial score (nSPS) is 10.1. The molecule has 1 aromatic heterocycles. The third-order valence-corrected chi connectivity index (χ3v) is 2.53. The second-order valence-electron chi connectivity index (χ2n) is 4.03. The third kappa shape index (κ3) is 2.93. The van der Waals surface area contributed by atoms with E-state index < -0.39 is 0 Å². The molecule has 92 valence electrons. The fraction of sp³-hybridized carbons (Fsp3) is 0.143. The molecule has 0 spiro atoms. The molecule has 4 nitrogen and oxygen atoms in total. The molecule has 0 aliphatic carbocycles. The van der Waals surface area contributed by atoms with E-state index in [2.05, 4.69) is 10.3 Å². The molecule has 2 aromatic rings. The van der Waals surface area contributed by atoms with Gasteiger partial charge >= 0.3 is 0 Å². The van der Waals surface area contributed by atoms with Crippen molar-refractivity contribution in [1.29, 1.82) is 0 Å². The second-order valence-corrected chi connectivity index (χ2v) is 4.03. The highest BCUT2D eigenvalue weighted by Crippen LogP contribution is 2.09. The van der Waals surface area contributed by atoms with E-state index in [1.54, 1.807) is 18.2 Å². The number of hydrogen-bond acceptors (Lipinski definition) is 3. The summed E-state index contributed by atoms with van der Waals surface area (Å²) < 4.78 is 0. The number of carbonyl (C=O) groups is 1. The summed E-state index contributed by atoms with van der Waals surface area (Å²) in [5, 5.41) is 11.6. The van der Waals surface area contributed by atoms with Crippen LogP contribution in [0.3, 0.4) is 0 Å². The zero-order valence-electron chi connectivity index (χ0n) is 10.1. The molecule has 0 saturated heterocycles. The molecule has 1 amide bonds. The fourth-order valence-corrected chi connectivity index (χ4v) is 1.57. The molecule has 0 saturated carbocycles. The van der Waals surface area contributed by atoms with Gasteiger partial charge in [0.2, 0.25) is 0 Å². The Balaban J connectivity index is 2.11. The monoisotopic (exact) mass is 242 g/mol. The number of hydrogen-bond donors (Lipinski definition) is 2. The first-order valence-corrected chi connectivity index (χ1v) is 5.63. The number of pyridine rings is 1. The van der Waals surface area contributed by atoms with Gasteiger partial charge in [-0.3, -0.25) is 4.79 Å². The number of aryl methyl sites for hydroxylation is 1. The predicted molar refractivity (Wildman–Crippen MR) is 69.3 cm³/mol. The number of anilines is 1. The van der Waals surface area contributed by atoms with Gasteiger partial charge in [0, 0.05) is 11.8 Å². The Labute approximate surface area is 105 Å². The van der Waals surface area contributed by atoms with Crippen LogP contribution in [-0.4, -0.2) is 16.0 Å². The summed E-state index contributed by atoms with van der Waals surface area (Å²) in [6, 6.07) is 10.7. The van der Waals surface area contributed by atoms with E-state index in [0.717, 1.165) is 5.56 Å². The first kappa shape index (κ1) is 12.3. The minimum atomic E-state index is -0.192. The van der Waals surface area contributed by atoms with Crippen LogP contribution in [0, 0.1) is 6.92 Å². The molecule has 1 heterocycles.